The summed E-state index contributed by atoms with van der Waals surface area (Å²) in [5.41, 5.74) is 2.55. The molecule has 0 spiro atoms. The van der Waals surface area contributed by atoms with Gasteiger partial charge in [0.25, 0.3) is 0 Å². The summed E-state index contributed by atoms with van der Waals surface area (Å²) < 4.78 is 0. The van der Waals surface area contributed by atoms with Crippen molar-refractivity contribution in [1.29, 1.82) is 0 Å². The van der Waals surface area contributed by atoms with Gasteiger partial charge in [-0.1, -0.05) is 57.2 Å². The van der Waals surface area contributed by atoms with Gasteiger partial charge in [0.05, 0.1) is 6.61 Å². The molecule has 22 heavy (non-hydrogen) atoms. The first-order valence-corrected chi connectivity index (χ1v) is 6.94. The van der Waals surface area contributed by atoms with Gasteiger partial charge in [-0.25, -0.2) is 0 Å². The third kappa shape index (κ3) is 5.84. The number of hydrogen-bond acceptors (Lipinski definition) is 3. The van der Waals surface area contributed by atoms with Crippen molar-refractivity contribution in [1.82, 2.24) is 0 Å². The van der Waals surface area contributed by atoms with Gasteiger partial charge in [0.15, 0.2) is 0 Å². The first-order valence-electron chi connectivity index (χ1n) is 6.94. The molecule has 0 amide bonds. The number of aliphatic hydroxyl groups excluding tert-OH is 1. The van der Waals surface area contributed by atoms with Gasteiger partial charge in [0.1, 0.15) is 11.5 Å². The molecule has 0 fully saturated rings. The molecule has 0 aliphatic rings. The monoisotopic (exact) mass is 336 g/mol. The Bertz CT molecular complexity index is 589. The average Bonchev–Trinajstić information content (AvgIpc) is 2.42. The maximum Gasteiger partial charge on any atom is 0.122 e. The smallest absolute Gasteiger partial charge is 0.122 e. The molecule has 4 heteroatoms. The summed E-state index contributed by atoms with van der Waals surface area (Å²) in [4.78, 5) is 0. The molecule has 2 aromatic rings. The molecule has 0 aliphatic heterocycles. The van der Waals surface area contributed by atoms with Gasteiger partial charge in [-0.2, -0.15) is 0 Å². The standard InChI is InChI=1S/C11H16O.C7H8O2.Ti/c1-8-6-5-7-9(10(8)12)11(2,3)4;8-5-6-3-1-2-4-7(6)9;/h5-7,12H,1-4H3;1-4,8-9H,5H2;. The Kier molecular flexibility index (Phi) is 8.46. The average molecular weight is 336 g/mol. The second-order valence-electron chi connectivity index (χ2n) is 6.01. The molecule has 0 aromatic heterocycles. The van der Waals surface area contributed by atoms with Crippen LogP contribution in [0.5, 0.6) is 11.5 Å². The first-order chi connectivity index (χ1) is 9.77. The van der Waals surface area contributed by atoms with E-state index in [-0.39, 0.29) is 39.5 Å². The maximum absolute atomic E-state index is 9.73. The molecule has 0 unspecified atom stereocenters. The van der Waals surface area contributed by atoms with Crippen LogP contribution >= 0.6 is 0 Å². The fourth-order valence-electron chi connectivity index (χ4n) is 1.91. The van der Waals surface area contributed by atoms with Crippen molar-refractivity contribution < 1.29 is 37.0 Å². The summed E-state index contributed by atoms with van der Waals surface area (Å²) in [5, 5.41) is 27.2. The van der Waals surface area contributed by atoms with Crippen molar-refractivity contribution in [3.05, 3.63) is 59.2 Å². The topological polar surface area (TPSA) is 60.7 Å². The van der Waals surface area contributed by atoms with E-state index in [9.17, 15) is 5.11 Å². The van der Waals surface area contributed by atoms with E-state index >= 15 is 0 Å². The van der Waals surface area contributed by atoms with Crippen LogP contribution < -0.4 is 0 Å². The Balaban J connectivity index is 0.000000397. The van der Waals surface area contributed by atoms with Gasteiger partial charge in [-0.05, 0) is 29.5 Å². The van der Waals surface area contributed by atoms with Crippen LogP contribution in [0.4, 0.5) is 0 Å². The predicted octanol–water partition coefficient (Wildman–Crippen LogP) is 3.88. The number of benzene rings is 2. The van der Waals surface area contributed by atoms with Crippen LogP contribution in [0.25, 0.3) is 0 Å². The van der Waals surface area contributed by atoms with Crippen molar-refractivity contribution in [3.8, 4) is 11.5 Å². The fraction of sp³-hybridized carbons (Fsp3) is 0.333. The normalized spacial score (nSPS) is 10.2. The molecule has 0 heterocycles. The third-order valence-corrected chi connectivity index (χ3v) is 3.21. The van der Waals surface area contributed by atoms with Crippen molar-refractivity contribution in [2.45, 2.75) is 39.7 Å². The van der Waals surface area contributed by atoms with E-state index in [0.29, 0.717) is 11.3 Å². The van der Waals surface area contributed by atoms with Gasteiger partial charge in [0, 0.05) is 27.3 Å². The molecule has 118 valence electrons. The van der Waals surface area contributed by atoms with Crippen LogP contribution in [0.3, 0.4) is 0 Å². The number of hydrogen-bond donors (Lipinski definition) is 3. The van der Waals surface area contributed by atoms with E-state index in [1.54, 1.807) is 24.3 Å². The van der Waals surface area contributed by atoms with E-state index in [1.807, 2.05) is 25.1 Å². The van der Waals surface area contributed by atoms with Gasteiger partial charge < -0.3 is 15.3 Å². The van der Waals surface area contributed by atoms with Crippen molar-refractivity contribution in [2.24, 2.45) is 0 Å². The second kappa shape index (κ2) is 8.99. The minimum absolute atomic E-state index is 0. The first kappa shape index (κ1) is 20.7. The quantitative estimate of drug-likeness (QED) is 0.693. The second-order valence-corrected chi connectivity index (χ2v) is 6.01. The molecule has 0 atom stereocenters. The Hall–Kier alpha value is -1.29. The molecule has 0 saturated carbocycles. The summed E-state index contributed by atoms with van der Waals surface area (Å²) in [5.74, 6) is 0.588. The Labute approximate surface area is 147 Å². The van der Waals surface area contributed by atoms with Crippen molar-refractivity contribution >= 4 is 0 Å². The van der Waals surface area contributed by atoms with Crippen LogP contribution in [0.2, 0.25) is 0 Å². The molecule has 2 rings (SSSR count). The van der Waals surface area contributed by atoms with E-state index in [1.165, 1.54) is 0 Å². The van der Waals surface area contributed by atoms with E-state index < -0.39 is 0 Å². The van der Waals surface area contributed by atoms with Crippen molar-refractivity contribution in [2.75, 3.05) is 0 Å². The van der Waals surface area contributed by atoms with Crippen LogP contribution in [0.1, 0.15) is 37.5 Å². The summed E-state index contributed by atoms with van der Waals surface area (Å²) in [6.07, 6.45) is 0. The van der Waals surface area contributed by atoms with Gasteiger partial charge in [-0.15, -0.1) is 0 Å². The predicted molar refractivity (Wildman–Crippen MR) is 85.6 cm³/mol. The Morgan fingerprint density at radius 2 is 1.50 bits per heavy atom. The number of para-hydroxylation sites is 2. The minimum atomic E-state index is -0.104. The van der Waals surface area contributed by atoms with Crippen molar-refractivity contribution in [3.63, 3.8) is 0 Å². The number of aryl methyl sites for hydroxylation is 1. The van der Waals surface area contributed by atoms with Crippen LogP contribution in [-0.4, -0.2) is 15.3 Å². The zero-order valence-electron chi connectivity index (χ0n) is 13.6. The Morgan fingerprint density at radius 1 is 0.909 bits per heavy atom. The van der Waals surface area contributed by atoms with Gasteiger partial charge in [0.2, 0.25) is 0 Å². The summed E-state index contributed by atoms with van der Waals surface area (Å²) in [6.45, 7) is 8.11. The summed E-state index contributed by atoms with van der Waals surface area (Å²) >= 11 is 0. The van der Waals surface area contributed by atoms with Crippen LogP contribution in [-0.2, 0) is 33.7 Å². The number of phenolic OH excluding ortho intramolecular Hbond substituents is 1. The summed E-state index contributed by atoms with van der Waals surface area (Å²) in [7, 11) is 0. The van der Waals surface area contributed by atoms with E-state index in [2.05, 4.69) is 20.8 Å². The SMILES string of the molecule is Cc1cccc(C(C)(C)C)c1O.OCc1ccccc1O.[Ti]. The molecular formula is C18H24O3Ti. The zero-order chi connectivity index (χ0) is 16.0. The van der Waals surface area contributed by atoms with Gasteiger partial charge in [-0.3, -0.25) is 0 Å². The number of aliphatic hydroxyl groups is 1. The maximum atomic E-state index is 9.73. The molecule has 0 aliphatic carbocycles. The third-order valence-electron chi connectivity index (χ3n) is 3.21. The van der Waals surface area contributed by atoms with Crippen LogP contribution in [0, 0.1) is 6.92 Å². The minimum Gasteiger partial charge on any atom is -0.508 e. The molecular weight excluding hydrogens is 312 g/mol. The molecule has 0 radical (unpaired) electrons. The van der Waals surface area contributed by atoms with E-state index in [0.717, 1.165) is 11.1 Å². The molecule has 0 bridgehead atoms. The van der Waals surface area contributed by atoms with E-state index in [4.69, 9.17) is 10.2 Å². The number of phenols is 2. The molecule has 2 aromatic carbocycles. The van der Waals surface area contributed by atoms with Gasteiger partial charge >= 0.3 is 0 Å². The Morgan fingerprint density at radius 3 is 1.91 bits per heavy atom. The molecule has 3 N–H and O–H groups in total. The summed E-state index contributed by atoms with van der Waals surface area (Å²) in [6, 6.07) is 12.6. The number of aromatic hydroxyl groups is 2. The molecule has 3 nitrogen and oxygen atoms in total. The fourth-order valence-corrected chi connectivity index (χ4v) is 1.91. The largest absolute Gasteiger partial charge is 0.508 e. The number of rotatable bonds is 1. The van der Waals surface area contributed by atoms with Crippen LogP contribution in [0.15, 0.2) is 42.5 Å². The zero-order valence-corrected chi connectivity index (χ0v) is 15.2. The molecule has 0 saturated heterocycles.